The lowest BCUT2D eigenvalue weighted by Crippen LogP contribution is -2.36. The van der Waals surface area contributed by atoms with Gasteiger partial charge in [0.1, 0.15) is 0 Å². The minimum atomic E-state index is -3.68. The molecular weight excluding hydrogens is 368 g/mol. The minimum absolute atomic E-state index is 0.0860. The van der Waals surface area contributed by atoms with Crippen LogP contribution in [-0.2, 0) is 24.3 Å². The summed E-state index contributed by atoms with van der Waals surface area (Å²) in [5.41, 5.74) is 1.05. The van der Waals surface area contributed by atoms with Crippen molar-refractivity contribution in [3.8, 4) is 0 Å². The van der Waals surface area contributed by atoms with Gasteiger partial charge in [-0.25, -0.2) is 13.1 Å². The molecule has 0 heterocycles. The van der Waals surface area contributed by atoms with Crippen molar-refractivity contribution in [3.63, 3.8) is 0 Å². The second-order valence-electron chi connectivity index (χ2n) is 7.08. The van der Waals surface area contributed by atoms with Gasteiger partial charge in [0.2, 0.25) is 10.0 Å². The molecular formula is C19H28N2O5S. The molecule has 0 atom stereocenters. The zero-order chi connectivity index (χ0) is 19.9. The molecule has 150 valence electrons. The number of carbonyl (C=O) groups is 2. The van der Waals surface area contributed by atoms with Gasteiger partial charge in [-0.1, -0.05) is 38.8 Å². The van der Waals surface area contributed by atoms with E-state index in [9.17, 15) is 18.0 Å². The Balaban J connectivity index is 1.70. The van der Waals surface area contributed by atoms with E-state index in [-0.39, 0.29) is 36.4 Å². The van der Waals surface area contributed by atoms with E-state index in [0.29, 0.717) is 5.92 Å². The first-order chi connectivity index (χ1) is 12.8. The van der Waals surface area contributed by atoms with Crippen molar-refractivity contribution in [1.29, 1.82) is 0 Å². The SMILES string of the molecule is CC(C)c1ccc(S(=O)(=O)NCCC(=O)OCC(=O)NC2CCCC2)cc1. The van der Waals surface area contributed by atoms with E-state index < -0.39 is 16.0 Å². The van der Waals surface area contributed by atoms with Crippen molar-refractivity contribution >= 4 is 21.9 Å². The Bertz CT molecular complexity index is 738. The van der Waals surface area contributed by atoms with Crippen LogP contribution in [-0.4, -0.2) is 39.5 Å². The van der Waals surface area contributed by atoms with Crippen LogP contribution in [0.2, 0.25) is 0 Å². The molecule has 0 bridgehead atoms. The molecule has 7 nitrogen and oxygen atoms in total. The number of rotatable bonds is 9. The third-order valence-corrected chi connectivity index (χ3v) is 6.04. The Labute approximate surface area is 160 Å². The van der Waals surface area contributed by atoms with E-state index in [4.69, 9.17) is 4.74 Å². The van der Waals surface area contributed by atoms with Crippen LogP contribution in [0, 0.1) is 0 Å². The van der Waals surface area contributed by atoms with E-state index >= 15 is 0 Å². The van der Waals surface area contributed by atoms with Gasteiger partial charge in [-0.15, -0.1) is 0 Å². The molecule has 1 aromatic carbocycles. The topological polar surface area (TPSA) is 102 Å². The smallest absolute Gasteiger partial charge is 0.307 e. The molecule has 2 rings (SSSR count). The molecule has 1 aliphatic carbocycles. The molecule has 1 aromatic rings. The highest BCUT2D eigenvalue weighted by molar-refractivity contribution is 7.89. The molecule has 2 N–H and O–H groups in total. The lowest BCUT2D eigenvalue weighted by atomic mass is 10.0. The summed E-state index contributed by atoms with van der Waals surface area (Å²) in [6.45, 7) is 3.64. The second kappa shape index (κ2) is 9.85. The van der Waals surface area contributed by atoms with Crippen molar-refractivity contribution in [2.75, 3.05) is 13.2 Å². The lowest BCUT2D eigenvalue weighted by molar-refractivity contribution is -0.148. The summed E-state index contributed by atoms with van der Waals surface area (Å²) in [6, 6.07) is 6.81. The number of amides is 1. The normalized spacial score (nSPS) is 15.1. The molecule has 1 saturated carbocycles. The van der Waals surface area contributed by atoms with Crippen molar-refractivity contribution in [1.82, 2.24) is 10.0 Å². The summed E-state index contributed by atoms with van der Waals surface area (Å²) in [5.74, 6) is -0.620. The van der Waals surface area contributed by atoms with Crippen molar-refractivity contribution in [3.05, 3.63) is 29.8 Å². The van der Waals surface area contributed by atoms with Gasteiger partial charge in [0.15, 0.2) is 6.61 Å². The Hall–Kier alpha value is -1.93. The zero-order valence-electron chi connectivity index (χ0n) is 15.9. The first-order valence-electron chi connectivity index (χ1n) is 9.32. The molecule has 0 spiro atoms. The van der Waals surface area contributed by atoms with Crippen LogP contribution in [0.25, 0.3) is 0 Å². The number of hydrogen-bond donors (Lipinski definition) is 2. The largest absolute Gasteiger partial charge is 0.456 e. The molecule has 0 aromatic heterocycles. The van der Waals surface area contributed by atoms with Crippen LogP contribution >= 0.6 is 0 Å². The quantitative estimate of drug-likeness (QED) is 0.622. The number of sulfonamides is 1. The average Bonchev–Trinajstić information content (AvgIpc) is 3.13. The summed E-state index contributed by atoms with van der Waals surface area (Å²) in [6.07, 6.45) is 3.98. The predicted octanol–water partition coefficient (Wildman–Crippen LogP) is 2.08. The average molecular weight is 397 g/mol. The molecule has 0 saturated heterocycles. The van der Waals surface area contributed by atoms with Gasteiger partial charge in [0.25, 0.3) is 5.91 Å². The molecule has 0 unspecified atom stereocenters. The third-order valence-electron chi connectivity index (χ3n) is 4.56. The highest BCUT2D eigenvalue weighted by Crippen LogP contribution is 2.18. The van der Waals surface area contributed by atoms with Gasteiger partial charge in [-0.2, -0.15) is 0 Å². The monoisotopic (exact) mass is 396 g/mol. The summed E-state index contributed by atoms with van der Waals surface area (Å²) in [7, 11) is -3.68. The molecule has 1 fully saturated rings. The molecule has 1 amide bonds. The van der Waals surface area contributed by atoms with Gasteiger partial charge in [0, 0.05) is 12.6 Å². The Kier molecular flexibility index (Phi) is 7.79. The van der Waals surface area contributed by atoms with Crippen molar-refractivity contribution in [2.45, 2.75) is 62.8 Å². The van der Waals surface area contributed by atoms with Crippen LogP contribution in [0.3, 0.4) is 0 Å². The molecule has 8 heteroatoms. The summed E-state index contributed by atoms with van der Waals surface area (Å²) >= 11 is 0. The highest BCUT2D eigenvalue weighted by Gasteiger charge is 2.18. The van der Waals surface area contributed by atoms with E-state index in [2.05, 4.69) is 10.0 Å². The number of nitrogens with one attached hydrogen (secondary N) is 2. The van der Waals surface area contributed by atoms with Crippen LogP contribution < -0.4 is 10.0 Å². The van der Waals surface area contributed by atoms with E-state index in [1.165, 1.54) is 0 Å². The Morgan fingerprint density at radius 3 is 2.37 bits per heavy atom. The number of esters is 1. The Morgan fingerprint density at radius 1 is 1.15 bits per heavy atom. The summed E-state index contributed by atoms with van der Waals surface area (Å²) < 4.78 is 31.7. The van der Waals surface area contributed by atoms with E-state index in [1.807, 2.05) is 13.8 Å². The Morgan fingerprint density at radius 2 is 1.78 bits per heavy atom. The van der Waals surface area contributed by atoms with Gasteiger partial charge < -0.3 is 10.1 Å². The summed E-state index contributed by atoms with van der Waals surface area (Å²) in [4.78, 5) is 23.5. The zero-order valence-corrected chi connectivity index (χ0v) is 16.7. The molecule has 0 radical (unpaired) electrons. The lowest BCUT2D eigenvalue weighted by Gasteiger charge is -2.12. The fourth-order valence-electron chi connectivity index (χ4n) is 2.96. The van der Waals surface area contributed by atoms with Crippen molar-refractivity contribution < 1.29 is 22.7 Å². The van der Waals surface area contributed by atoms with Crippen LogP contribution in [0.4, 0.5) is 0 Å². The fraction of sp³-hybridized carbons (Fsp3) is 0.579. The number of ether oxygens (including phenoxy) is 1. The first-order valence-corrected chi connectivity index (χ1v) is 10.8. The minimum Gasteiger partial charge on any atom is -0.456 e. The van der Waals surface area contributed by atoms with Gasteiger partial charge >= 0.3 is 5.97 Å². The van der Waals surface area contributed by atoms with Crippen LogP contribution in [0.15, 0.2) is 29.2 Å². The van der Waals surface area contributed by atoms with E-state index in [0.717, 1.165) is 31.2 Å². The number of carbonyl (C=O) groups excluding carboxylic acids is 2. The van der Waals surface area contributed by atoms with Gasteiger partial charge in [0.05, 0.1) is 11.3 Å². The second-order valence-corrected chi connectivity index (χ2v) is 8.85. The molecule has 0 aliphatic heterocycles. The maximum atomic E-state index is 12.2. The maximum Gasteiger partial charge on any atom is 0.307 e. The van der Waals surface area contributed by atoms with Gasteiger partial charge in [-0.3, -0.25) is 9.59 Å². The third kappa shape index (κ3) is 6.95. The first kappa shape index (κ1) is 21.4. The van der Waals surface area contributed by atoms with E-state index in [1.54, 1.807) is 24.3 Å². The fourth-order valence-corrected chi connectivity index (χ4v) is 3.99. The summed E-state index contributed by atoms with van der Waals surface area (Å²) in [5, 5.41) is 2.82. The maximum absolute atomic E-state index is 12.2. The van der Waals surface area contributed by atoms with Gasteiger partial charge in [-0.05, 0) is 36.5 Å². The molecule has 1 aliphatic rings. The number of hydrogen-bond acceptors (Lipinski definition) is 5. The standard InChI is InChI=1S/C19H28N2O5S/c1-14(2)15-7-9-17(10-8-15)27(24,25)20-12-11-19(23)26-13-18(22)21-16-5-3-4-6-16/h7-10,14,16,20H,3-6,11-13H2,1-2H3,(H,21,22). The molecule has 27 heavy (non-hydrogen) atoms. The predicted molar refractivity (Wildman–Crippen MR) is 102 cm³/mol. The van der Waals surface area contributed by atoms with Crippen LogP contribution in [0.1, 0.15) is 57.4 Å². The highest BCUT2D eigenvalue weighted by atomic mass is 32.2. The van der Waals surface area contributed by atoms with Crippen LogP contribution in [0.5, 0.6) is 0 Å². The number of benzene rings is 1. The van der Waals surface area contributed by atoms with Crippen molar-refractivity contribution in [2.24, 2.45) is 0 Å².